The van der Waals surface area contributed by atoms with Crippen molar-refractivity contribution in [1.82, 2.24) is 0 Å². The molecular formula is C11H17N. The molecule has 0 amide bonds. The predicted octanol–water partition coefficient (Wildman–Crippen LogP) is 3.28. The van der Waals surface area contributed by atoms with Crippen molar-refractivity contribution in [1.29, 1.82) is 5.26 Å². The van der Waals surface area contributed by atoms with E-state index >= 15 is 0 Å². The molecule has 0 aliphatic heterocycles. The molecule has 0 spiro atoms. The minimum absolute atomic E-state index is 0.400. The number of nitriles is 1. The van der Waals surface area contributed by atoms with E-state index in [1.165, 1.54) is 6.42 Å². The average Bonchev–Trinajstić information content (AvgIpc) is 2.03. The monoisotopic (exact) mass is 163 g/mol. The molecule has 0 N–H and O–H groups in total. The van der Waals surface area contributed by atoms with Crippen LogP contribution in [0.15, 0.2) is 11.6 Å². The highest BCUT2D eigenvalue weighted by atomic mass is 14.3. The quantitative estimate of drug-likeness (QED) is 0.537. The van der Waals surface area contributed by atoms with E-state index in [0.717, 1.165) is 24.3 Å². The zero-order chi connectivity index (χ0) is 9.19. The second kappa shape index (κ2) is 3.31. The normalized spacial score (nSPS) is 24.5. The van der Waals surface area contributed by atoms with Crippen molar-refractivity contribution in [3.8, 4) is 6.07 Å². The Hall–Kier alpha value is -0.770. The molecule has 0 aromatic rings. The zero-order valence-electron chi connectivity index (χ0n) is 8.22. The van der Waals surface area contributed by atoms with Gasteiger partial charge in [-0.05, 0) is 30.6 Å². The van der Waals surface area contributed by atoms with Crippen LogP contribution in [-0.4, -0.2) is 0 Å². The van der Waals surface area contributed by atoms with Gasteiger partial charge in [0.25, 0.3) is 0 Å². The van der Waals surface area contributed by atoms with Crippen LogP contribution in [0.2, 0.25) is 0 Å². The summed E-state index contributed by atoms with van der Waals surface area (Å²) in [5.41, 5.74) is 1.38. The molecule has 1 rings (SSSR count). The van der Waals surface area contributed by atoms with Crippen molar-refractivity contribution >= 4 is 0 Å². The van der Waals surface area contributed by atoms with Crippen LogP contribution in [0, 0.1) is 22.7 Å². The fourth-order valence-electron chi connectivity index (χ4n) is 1.72. The Morgan fingerprint density at radius 3 is 2.50 bits per heavy atom. The molecule has 1 aliphatic carbocycles. The van der Waals surface area contributed by atoms with Gasteiger partial charge in [0.15, 0.2) is 0 Å². The van der Waals surface area contributed by atoms with Crippen LogP contribution in [0.5, 0.6) is 0 Å². The highest BCUT2D eigenvalue weighted by molar-refractivity contribution is 5.22. The van der Waals surface area contributed by atoms with Crippen molar-refractivity contribution in [2.75, 3.05) is 0 Å². The van der Waals surface area contributed by atoms with Crippen molar-refractivity contribution in [2.45, 2.75) is 40.0 Å². The van der Waals surface area contributed by atoms with E-state index in [-0.39, 0.29) is 0 Å². The smallest absolute Gasteiger partial charge is 0.0943 e. The lowest BCUT2D eigenvalue weighted by Gasteiger charge is -2.32. The number of hydrogen-bond acceptors (Lipinski definition) is 1. The Morgan fingerprint density at radius 2 is 2.17 bits per heavy atom. The van der Waals surface area contributed by atoms with Crippen molar-refractivity contribution in [3.63, 3.8) is 0 Å². The molecule has 12 heavy (non-hydrogen) atoms. The van der Waals surface area contributed by atoms with Gasteiger partial charge in [-0.2, -0.15) is 5.26 Å². The van der Waals surface area contributed by atoms with Crippen LogP contribution in [0.3, 0.4) is 0 Å². The minimum Gasteiger partial charge on any atom is -0.193 e. The van der Waals surface area contributed by atoms with Crippen molar-refractivity contribution in [3.05, 3.63) is 11.6 Å². The summed E-state index contributed by atoms with van der Waals surface area (Å²) in [5, 5.41) is 8.66. The maximum Gasteiger partial charge on any atom is 0.0943 e. The third kappa shape index (κ3) is 2.11. The minimum atomic E-state index is 0.400. The number of rotatable bonds is 0. The SMILES string of the molecule is CC(C)(C)C1CC=C(C#N)CC1. The van der Waals surface area contributed by atoms with Crippen molar-refractivity contribution in [2.24, 2.45) is 11.3 Å². The van der Waals surface area contributed by atoms with Gasteiger partial charge in [0.05, 0.1) is 6.07 Å². The molecule has 0 saturated carbocycles. The topological polar surface area (TPSA) is 23.8 Å². The maximum atomic E-state index is 8.66. The summed E-state index contributed by atoms with van der Waals surface area (Å²) in [5.74, 6) is 0.759. The Labute approximate surface area is 75.1 Å². The van der Waals surface area contributed by atoms with Crippen LogP contribution in [0.25, 0.3) is 0 Å². The number of allylic oxidation sites excluding steroid dienone is 2. The lowest BCUT2D eigenvalue weighted by molar-refractivity contribution is 0.222. The maximum absolute atomic E-state index is 8.66. The third-order valence-electron chi connectivity index (χ3n) is 2.78. The summed E-state index contributed by atoms with van der Waals surface area (Å²) in [6.07, 6.45) is 5.37. The first-order valence-electron chi connectivity index (χ1n) is 4.63. The standard InChI is InChI=1S/C11H17N/c1-11(2,3)10-6-4-9(8-12)5-7-10/h4,10H,5-7H2,1-3H3. The van der Waals surface area contributed by atoms with Crippen LogP contribution in [0.4, 0.5) is 0 Å². The van der Waals surface area contributed by atoms with Gasteiger partial charge in [0.2, 0.25) is 0 Å². The third-order valence-corrected chi connectivity index (χ3v) is 2.78. The zero-order valence-corrected chi connectivity index (χ0v) is 8.22. The second-order valence-electron chi connectivity index (χ2n) is 4.68. The summed E-state index contributed by atoms with van der Waals surface area (Å²) in [6, 6.07) is 2.24. The van der Waals surface area contributed by atoms with E-state index in [9.17, 15) is 0 Å². The van der Waals surface area contributed by atoms with Gasteiger partial charge < -0.3 is 0 Å². The molecule has 0 fully saturated rings. The highest BCUT2D eigenvalue weighted by Crippen LogP contribution is 2.36. The van der Waals surface area contributed by atoms with Gasteiger partial charge in [-0.3, -0.25) is 0 Å². The van der Waals surface area contributed by atoms with Crippen LogP contribution >= 0.6 is 0 Å². The molecule has 1 unspecified atom stereocenters. The number of nitrogens with zero attached hydrogens (tertiary/aromatic N) is 1. The second-order valence-corrected chi connectivity index (χ2v) is 4.68. The summed E-state index contributed by atoms with van der Waals surface area (Å²) in [7, 11) is 0. The Kier molecular flexibility index (Phi) is 2.57. The first-order chi connectivity index (χ1) is 5.54. The molecule has 0 saturated heterocycles. The largest absolute Gasteiger partial charge is 0.193 e. The van der Waals surface area contributed by atoms with E-state index in [1.54, 1.807) is 0 Å². The summed E-state index contributed by atoms with van der Waals surface area (Å²) in [4.78, 5) is 0. The Morgan fingerprint density at radius 1 is 1.50 bits per heavy atom. The van der Waals surface area contributed by atoms with Gasteiger partial charge in [-0.15, -0.1) is 0 Å². The van der Waals surface area contributed by atoms with Gasteiger partial charge in [-0.1, -0.05) is 26.8 Å². The Balaban J connectivity index is 2.59. The summed E-state index contributed by atoms with van der Waals surface area (Å²) in [6.45, 7) is 6.84. The Bertz CT molecular complexity index is 224. The average molecular weight is 163 g/mol. The van der Waals surface area contributed by atoms with E-state index in [2.05, 4.69) is 32.9 Å². The molecular weight excluding hydrogens is 146 g/mol. The van der Waals surface area contributed by atoms with Crippen LogP contribution in [0.1, 0.15) is 40.0 Å². The molecule has 1 heteroatoms. The molecule has 66 valence electrons. The van der Waals surface area contributed by atoms with Crippen molar-refractivity contribution < 1.29 is 0 Å². The summed E-state index contributed by atoms with van der Waals surface area (Å²) >= 11 is 0. The molecule has 1 nitrogen and oxygen atoms in total. The molecule has 1 aliphatic rings. The van der Waals surface area contributed by atoms with E-state index < -0.39 is 0 Å². The van der Waals surface area contributed by atoms with Gasteiger partial charge in [0.1, 0.15) is 0 Å². The molecule has 0 aromatic carbocycles. The molecule has 0 heterocycles. The molecule has 0 aromatic heterocycles. The first kappa shape index (κ1) is 9.32. The van der Waals surface area contributed by atoms with Gasteiger partial charge in [0, 0.05) is 5.57 Å². The lowest BCUT2D eigenvalue weighted by atomic mass is 9.73. The highest BCUT2D eigenvalue weighted by Gasteiger charge is 2.25. The fourth-order valence-corrected chi connectivity index (χ4v) is 1.72. The van der Waals surface area contributed by atoms with E-state index in [1.807, 2.05) is 0 Å². The van der Waals surface area contributed by atoms with Crippen LogP contribution in [-0.2, 0) is 0 Å². The first-order valence-corrected chi connectivity index (χ1v) is 4.63. The summed E-state index contributed by atoms with van der Waals surface area (Å²) < 4.78 is 0. The molecule has 1 atom stereocenters. The van der Waals surface area contributed by atoms with Gasteiger partial charge in [-0.25, -0.2) is 0 Å². The van der Waals surface area contributed by atoms with E-state index in [0.29, 0.717) is 5.41 Å². The lowest BCUT2D eigenvalue weighted by Crippen LogP contribution is -2.21. The molecule has 0 radical (unpaired) electrons. The van der Waals surface area contributed by atoms with Crippen LogP contribution < -0.4 is 0 Å². The number of hydrogen-bond donors (Lipinski definition) is 0. The van der Waals surface area contributed by atoms with E-state index in [4.69, 9.17) is 5.26 Å². The molecule has 0 bridgehead atoms. The van der Waals surface area contributed by atoms with Gasteiger partial charge >= 0.3 is 0 Å². The predicted molar refractivity (Wildman–Crippen MR) is 50.5 cm³/mol. The fraction of sp³-hybridized carbons (Fsp3) is 0.727.